The summed E-state index contributed by atoms with van der Waals surface area (Å²) in [4.78, 5) is 0. The molecule has 2 rings (SSSR count). The summed E-state index contributed by atoms with van der Waals surface area (Å²) in [6, 6.07) is 2.05. The van der Waals surface area contributed by atoms with E-state index in [-0.39, 0.29) is 11.8 Å². The third kappa shape index (κ3) is 2.92. The fourth-order valence-corrected chi connectivity index (χ4v) is 4.68. The summed E-state index contributed by atoms with van der Waals surface area (Å²) in [6.45, 7) is 2.49. The van der Waals surface area contributed by atoms with Crippen LogP contribution in [0.1, 0.15) is 17.8 Å². The SMILES string of the molecule is Cc1cc(CC(CN)C2CCS(=O)(=O)C2)n(C)n1. The Morgan fingerprint density at radius 3 is 2.78 bits per heavy atom. The zero-order valence-electron chi connectivity index (χ0n) is 11.0. The summed E-state index contributed by atoms with van der Waals surface area (Å²) in [5, 5.41) is 4.31. The Labute approximate surface area is 108 Å². The number of rotatable bonds is 4. The first kappa shape index (κ1) is 13.5. The lowest BCUT2D eigenvalue weighted by Crippen LogP contribution is -2.27. The molecule has 18 heavy (non-hydrogen) atoms. The van der Waals surface area contributed by atoms with Crippen LogP contribution in [0.5, 0.6) is 0 Å². The van der Waals surface area contributed by atoms with Crippen molar-refractivity contribution >= 4 is 9.84 Å². The summed E-state index contributed by atoms with van der Waals surface area (Å²) in [5.41, 5.74) is 7.94. The number of hydrogen-bond acceptors (Lipinski definition) is 4. The van der Waals surface area contributed by atoms with Crippen molar-refractivity contribution < 1.29 is 8.42 Å². The Hall–Kier alpha value is -0.880. The summed E-state index contributed by atoms with van der Waals surface area (Å²) < 4.78 is 24.9. The molecule has 102 valence electrons. The van der Waals surface area contributed by atoms with Crippen LogP contribution in [0.15, 0.2) is 6.07 Å². The van der Waals surface area contributed by atoms with Crippen LogP contribution in [0.2, 0.25) is 0 Å². The van der Waals surface area contributed by atoms with E-state index in [0.717, 1.165) is 24.2 Å². The minimum Gasteiger partial charge on any atom is -0.330 e. The van der Waals surface area contributed by atoms with Gasteiger partial charge in [0, 0.05) is 12.7 Å². The van der Waals surface area contributed by atoms with E-state index in [1.807, 2.05) is 24.7 Å². The van der Waals surface area contributed by atoms with Crippen molar-refractivity contribution in [1.29, 1.82) is 0 Å². The van der Waals surface area contributed by atoms with Gasteiger partial charge in [0.25, 0.3) is 0 Å². The standard InChI is InChI=1S/C12H21N3O2S/c1-9-5-12(15(2)14-9)6-11(7-13)10-3-4-18(16,17)8-10/h5,10-11H,3-4,6-8,13H2,1-2H3. The van der Waals surface area contributed by atoms with Gasteiger partial charge in [0.05, 0.1) is 17.2 Å². The van der Waals surface area contributed by atoms with Crippen molar-refractivity contribution in [3.8, 4) is 0 Å². The molecule has 0 saturated carbocycles. The second kappa shape index (κ2) is 5.01. The predicted octanol–water partition coefficient (Wildman–Crippen LogP) is 0.281. The van der Waals surface area contributed by atoms with Crippen LogP contribution in [0, 0.1) is 18.8 Å². The molecule has 0 aromatic carbocycles. The van der Waals surface area contributed by atoms with E-state index < -0.39 is 9.84 Å². The Kier molecular flexibility index (Phi) is 3.77. The van der Waals surface area contributed by atoms with Gasteiger partial charge >= 0.3 is 0 Å². The largest absolute Gasteiger partial charge is 0.330 e. The molecular formula is C12H21N3O2S. The molecular weight excluding hydrogens is 250 g/mol. The number of sulfone groups is 1. The highest BCUT2D eigenvalue weighted by molar-refractivity contribution is 7.91. The van der Waals surface area contributed by atoms with Crippen molar-refractivity contribution in [2.75, 3.05) is 18.1 Å². The molecule has 1 saturated heterocycles. The van der Waals surface area contributed by atoms with Crippen LogP contribution in [-0.4, -0.2) is 36.2 Å². The van der Waals surface area contributed by atoms with E-state index in [2.05, 4.69) is 5.10 Å². The molecule has 1 aromatic rings. The van der Waals surface area contributed by atoms with Crippen LogP contribution in [-0.2, 0) is 23.3 Å². The fraction of sp³-hybridized carbons (Fsp3) is 0.750. The highest BCUT2D eigenvalue weighted by Crippen LogP contribution is 2.28. The molecule has 6 heteroatoms. The van der Waals surface area contributed by atoms with Gasteiger partial charge in [-0.1, -0.05) is 0 Å². The molecule has 1 aliphatic rings. The van der Waals surface area contributed by atoms with Gasteiger partial charge in [0.1, 0.15) is 0 Å². The lowest BCUT2D eigenvalue weighted by atomic mass is 9.88. The van der Waals surface area contributed by atoms with Gasteiger partial charge in [0.2, 0.25) is 0 Å². The Morgan fingerprint density at radius 1 is 1.61 bits per heavy atom. The average molecular weight is 271 g/mol. The van der Waals surface area contributed by atoms with Gasteiger partial charge in [-0.05, 0) is 44.2 Å². The highest BCUT2D eigenvalue weighted by Gasteiger charge is 2.33. The molecule has 0 aliphatic carbocycles. The van der Waals surface area contributed by atoms with Gasteiger partial charge in [-0.2, -0.15) is 5.10 Å². The van der Waals surface area contributed by atoms with E-state index in [1.165, 1.54) is 0 Å². The zero-order valence-corrected chi connectivity index (χ0v) is 11.8. The Balaban J connectivity index is 2.08. The molecule has 2 N–H and O–H groups in total. The minimum absolute atomic E-state index is 0.204. The third-order valence-electron chi connectivity index (χ3n) is 3.81. The fourth-order valence-electron chi connectivity index (χ4n) is 2.76. The van der Waals surface area contributed by atoms with Gasteiger partial charge in [0.15, 0.2) is 9.84 Å². The van der Waals surface area contributed by atoms with Crippen LogP contribution < -0.4 is 5.73 Å². The first-order valence-corrected chi connectivity index (χ1v) is 8.13. The molecule has 2 unspecified atom stereocenters. The van der Waals surface area contributed by atoms with E-state index in [1.54, 1.807) is 0 Å². The van der Waals surface area contributed by atoms with Gasteiger partial charge in [-0.3, -0.25) is 4.68 Å². The predicted molar refractivity (Wildman–Crippen MR) is 71.0 cm³/mol. The molecule has 0 spiro atoms. The highest BCUT2D eigenvalue weighted by atomic mass is 32.2. The molecule has 0 radical (unpaired) electrons. The van der Waals surface area contributed by atoms with E-state index in [4.69, 9.17) is 5.73 Å². The summed E-state index contributed by atoms with van der Waals surface area (Å²) >= 11 is 0. The lowest BCUT2D eigenvalue weighted by molar-refractivity contribution is 0.363. The van der Waals surface area contributed by atoms with Crippen molar-refractivity contribution in [2.24, 2.45) is 24.6 Å². The minimum atomic E-state index is -2.83. The maximum absolute atomic E-state index is 11.5. The maximum atomic E-state index is 11.5. The average Bonchev–Trinajstić information content (AvgIpc) is 2.78. The molecule has 1 aliphatic heterocycles. The molecule has 2 heterocycles. The Morgan fingerprint density at radius 2 is 2.33 bits per heavy atom. The van der Waals surface area contributed by atoms with Crippen molar-refractivity contribution in [2.45, 2.75) is 19.8 Å². The first-order chi connectivity index (χ1) is 8.41. The summed E-state index contributed by atoms with van der Waals surface area (Å²) in [6.07, 6.45) is 1.56. The number of hydrogen-bond donors (Lipinski definition) is 1. The topological polar surface area (TPSA) is 78.0 Å². The third-order valence-corrected chi connectivity index (χ3v) is 5.60. The molecule has 1 aromatic heterocycles. The lowest BCUT2D eigenvalue weighted by Gasteiger charge is -2.20. The number of aryl methyl sites for hydroxylation is 2. The second-order valence-electron chi connectivity index (χ2n) is 5.26. The molecule has 5 nitrogen and oxygen atoms in total. The van der Waals surface area contributed by atoms with Crippen molar-refractivity contribution in [3.05, 3.63) is 17.5 Å². The van der Waals surface area contributed by atoms with Gasteiger partial charge in [-0.25, -0.2) is 8.42 Å². The normalized spacial score (nSPS) is 24.3. The number of aromatic nitrogens is 2. The quantitative estimate of drug-likeness (QED) is 0.853. The van der Waals surface area contributed by atoms with Crippen LogP contribution in [0.4, 0.5) is 0 Å². The van der Waals surface area contributed by atoms with Crippen molar-refractivity contribution in [1.82, 2.24) is 9.78 Å². The number of nitrogens with two attached hydrogens (primary N) is 1. The van der Waals surface area contributed by atoms with E-state index >= 15 is 0 Å². The van der Waals surface area contributed by atoms with Crippen molar-refractivity contribution in [3.63, 3.8) is 0 Å². The molecule has 0 amide bonds. The molecule has 0 bridgehead atoms. The van der Waals surface area contributed by atoms with Gasteiger partial charge in [-0.15, -0.1) is 0 Å². The summed E-state index contributed by atoms with van der Waals surface area (Å²) in [5.74, 6) is 1.05. The Bertz CT molecular complexity index is 521. The molecule has 1 fully saturated rings. The number of nitrogens with zero attached hydrogens (tertiary/aromatic N) is 2. The smallest absolute Gasteiger partial charge is 0.150 e. The summed E-state index contributed by atoms with van der Waals surface area (Å²) in [7, 11) is -0.908. The van der Waals surface area contributed by atoms with E-state index in [0.29, 0.717) is 18.1 Å². The zero-order chi connectivity index (χ0) is 13.3. The maximum Gasteiger partial charge on any atom is 0.150 e. The first-order valence-electron chi connectivity index (χ1n) is 6.31. The monoisotopic (exact) mass is 271 g/mol. The second-order valence-corrected chi connectivity index (χ2v) is 7.49. The van der Waals surface area contributed by atoms with Gasteiger partial charge < -0.3 is 5.73 Å². The van der Waals surface area contributed by atoms with Crippen LogP contribution in [0.25, 0.3) is 0 Å². The molecule has 2 atom stereocenters. The van der Waals surface area contributed by atoms with Crippen LogP contribution in [0.3, 0.4) is 0 Å². The van der Waals surface area contributed by atoms with E-state index in [9.17, 15) is 8.42 Å². The van der Waals surface area contributed by atoms with Crippen LogP contribution >= 0.6 is 0 Å².